The summed E-state index contributed by atoms with van der Waals surface area (Å²) < 4.78 is 7.37. The van der Waals surface area contributed by atoms with Crippen molar-refractivity contribution in [1.82, 2.24) is 19.5 Å². The van der Waals surface area contributed by atoms with Crippen molar-refractivity contribution in [2.24, 2.45) is 0 Å². The maximum Gasteiger partial charge on any atom is 0.280 e. The Balaban J connectivity index is 2.17. The molecule has 0 aliphatic carbocycles. The van der Waals surface area contributed by atoms with Gasteiger partial charge in [-0.05, 0) is 13.3 Å². The number of H-pyrrole nitrogens is 1. The molecule has 3 heterocycles. The number of nitrogens with two attached hydrogens (primary N) is 1. The van der Waals surface area contributed by atoms with Crippen molar-refractivity contribution >= 4 is 35.5 Å². The van der Waals surface area contributed by atoms with Crippen LogP contribution >= 0.6 is 12.6 Å². The summed E-state index contributed by atoms with van der Waals surface area (Å²) in [6.07, 6.45) is 2.15. The molecule has 1 saturated heterocycles. The Labute approximate surface area is 149 Å². The predicted molar refractivity (Wildman–Crippen MR) is 94.4 cm³/mol. The third kappa shape index (κ3) is 2.64. The van der Waals surface area contributed by atoms with Crippen LogP contribution in [0.3, 0.4) is 0 Å². The molecule has 136 valence electrons. The minimum atomic E-state index is -1.61. The molecule has 2 aromatic heterocycles. The van der Waals surface area contributed by atoms with Crippen molar-refractivity contribution in [3.8, 4) is 0 Å². The van der Waals surface area contributed by atoms with Gasteiger partial charge in [0.2, 0.25) is 11.7 Å². The molecule has 10 heteroatoms. The van der Waals surface area contributed by atoms with E-state index in [-0.39, 0.29) is 22.9 Å². The fourth-order valence-corrected chi connectivity index (χ4v) is 3.83. The van der Waals surface area contributed by atoms with E-state index in [9.17, 15) is 14.7 Å². The number of nitrogens with one attached hydrogen (secondary N) is 1. The Morgan fingerprint density at radius 1 is 1.60 bits per heavy atom. The summed E-state index contributed by atoms with van der Waals surface area (Å²) in [6.45, 7) is 3.38. The molecule has 4 N–H and O–H groups in total. The number of hydrogen-bond acceptors (Lipinski definition) is 8. The number of carbonyl (C=O) groups excluding carboxylic acids is 1. The molecule has 2 aromatic rings. The van der Waals surface area contributed by atoms with Gasteiger partial charge in [-0.25, -0.2) is 4.98 Å². The number of hydrogen-bond donors (Lipinski definition) is 4. The number of aromatic amines is 1. The van der Waals surface area contributed by atoms with Crippen molar-refractivity contribution in [2.75, 3.05) is 5.73 Å². The van der Waals surface area contributed by atoms with E-state index in [1.807, 2.05) is 6.92 Å². The van der Waals surface area contributed by atoms with Gasteiger partial charge in [-0.2, -0.15) is 17.6 Å². The number of Topliss-reactive ketones (excluding diaryl/α,β-unsaturated/α-hetero) is 1. The number of aromatic nitrogens is 4. The second kappa shape index (κ2) is 6.43. The third-order valence-corrected chi connectivity index (χ3v) is 5.22. The number of aliphatic hydroxyl groups is 1. The number of nitrogens with zero attached hydrogens (tertiary/aromatic N) is 3. The monoisotopic (exact) mass is 367 g/mol. The van der Waals surface area contributed by atoms with Gasteiger partial charge in [0.05, 0.1) is 17.5 Å². The zero-order valence-corrected chi connectivity index (χ0v) is 14.9. The summed E-state index contributed by atoms with van der Waals surface area (Å²) in [4.78, 5) is 35.1. The van der Waals surface area contributed by atoms with Gasteiger partial charge in [0.25, 0.3) is 5.56 Å². The minimum absolute atomic E-state index is 0.0328. The number of fused-ring (bicyclic) bond motifs is 1. The normalized spacial score (nSPS) is 29.4. The van der Waals surface area contributed by atoms with E-state index in [0.29, 0.717) is 6.42 Å². The number of ether oxygens (including phenoxy) is 1. The lowest BCUT2D eigenvalue weighted by Crippen LogP contribution is -2.48. The smallest absolute Gasteiger partial charge is 0.280 e. The Morgan fingerprint density at radius 3 is 2.96 bits per heavy atom. The largest absolute Gasteiger partial charge is 0.389 e. The number of imidazole rings is 1. The number of anilines is 1. The second-order valence-electron chi connectivity index (χ2n) is 6.22. The molecule has 0 radical (unpaired) electrons. The molecule has 4 atom stereocenters. The fraction of sp³-hybridized carbons (Fsp3) is 0.600. The molecular weight excluding hydrogens is 346 g/mol. The third-order valence-electron chi connectivity index (χ3n) is 4.57. The first-order valence-electron chi connectivity index (χ1n) is 8.11. The highest BCUT2D eigenvalue weighted by atomic mass is 32.1. The standard InChI is InChI=1S/C15H21N5O4S/c1-3-4-5-8-10(22)11(25)15(24-8,7(2)21)20-6-17-9-12(20)18-14(16)19-13(9)23/h6,8,10-11,22,25H,3-5H2,1-2H3,(H3,16,18,19,23)/t8-,10-,11-,15-/m1/s1. The average Bonchev–Trinajstić information content (AvgIpc) is 3.07. The molecule has 3 rings (SSSR count). The van der Waals surface area contributed by atoms with Crippen molar-refractivity contribution in [3.05, 3.63) is 16.7 Å². The highest BCUT2D eigenvalue weighted by Gasteiger charge is 2.58. The van der Waals surface area contributed by atoms with Crippen molar-refractivity contribution in [3.63, 3.8) is 0 Å². The topological polar surface area (TPSA) is 136 Å². The van der Waals surface area contributed by atoms with E-state index in [1.165, 1.54) is 17.8 Å². The molecule has 1 aliphatic heterocycles. The fourth-order valence-electron chi connectivity index (χ4n) is 3.27. The lowest BCUT2D eigenvalue weighted by atomic mass is 10.00. The van der Waals surface area contributed by atoms with Crippen molar-refractivity contribution in [2.45, 2.75) is 56.3 Å². The van der Waals surface area contributed by atoms with E-state index >= 15 is 0 Å². The molecule has 0 bridgehead atoms. The SMILES string of the molecule is CCCC[C@H]1O[C@@](C(C)=O)(n2cnc3c(=O)[nH]c(N)nc32)[C@H](S)[C@@H]1O. The molecule has 0 aromatic carbocycles. The number of unbranched alkanes of at least 4 members (excludes halogenated alkanes) is 1. The van der Waals surface area contributed by atoms with Crippen LogP contribution in [0.5, 0.6) is 0 Å². The second-order valence-corrected chi connectivity index (χ2v) is 6.78. The van der Waals surface area contributed by atoms with E-state index in [2.05, 4.69) is 27.6 Å². The first-order chi connectivity index (χ1) is 11.8. The highest BCUT2D eigenvalue weighted by molar-refractivity contribution is 7.81. The molecule has 0 amide bonds. The minimum Gasteiger partial charge on any atom is -0.389 e. The van der Waals surface area contributed by atoms with E-state index in [0.717, 1.165) is 12.8 Å². The molecule has 0 saturated carbocycles. The molecule has 9 nitrogen and oxygen atoms in total. The summed E-state index contributed by atoms with van der Waals surface area (Å²) in [5.74, 6) is -0.472. The summed E-state index contributed by atoms with van der Waals surface area (Å²) in [7, 11) is 0. The van der Waals surface area contributed by atoms with Crippen LogP contribution in [-0.2, 0) is 15.3 Å². The first-order valence-corrected chi connectivity index (χ1v) is 8.62. The van der Waals surface area contributed by atoms with Gasteiger partial charge in [0, 0.05) is 0 Å². The number of nitrogen functional groups attached to an aromatic ring is 1. The Morgan fingerprint density at radius 2 is 2.32 bits per heavy atom. The zero-order valence-electron chi connectivity index (χ0n) is 14.0. The predicted octanol–water partition coefficient (Wildman–Crippen LogP) is 0.192. The summed E-state index contributed by atoms with van der Waals surface area (Å²) in [6, 6.07) is 0. The summed E-state index contributed by atoms with van der Waals surface area (Å²) in [5, 5.41) is 9.71. The average molecular weight is 367 g/mol. The quantitative estimate of drug-likeness (QED) is 0.554. The van der Waals surface area contributed by atoms with Crippen molar-refractivity contribution in [1.29, 1.82) is 0 Å². The van der Waals surface area contributed by atoms with Gasteiger partial charge in [0.1, 0.15) is 6.33 Å². The van der Waals surface area contributed by atoms with Crippen LogP contribution in [0.2, 0.25) is 0 Å². The van der Waals surface area contributed by atoms with Gasteiger partial charge >= 0.3 is 0 Å². The highest BCUT2D eigenvalue weighted by Crippen LogP contribution is 2.42. The van der Waals surface area contributed by atoms with E-state index < -0.39 is 28.7 Å². The Kier molecular flexibility index (Phi) is 4.60. The van der Waals surface area contributed by atoms with Gasteiger partial charge < -0.3 is 15.6 Å². The number of ketones is 1. The van der Waals surface area contributed by atoms with Gasteiger partial charge in [-0.1, -0.05) is 19.8 Å². The molecule has 1 fully saturated rings. The first kappa shape index (κ1) is 17.9. The van der Waals surface area contributed by atoms with Crippen LogP contribution < -0.4 is 11.3 Å². The number of thiol groups is 1. The van der Waals surface area contributed by atoms with Crippen LogP contribution in [0.1, 0.15) is 33.1 Å². The summed E-state index contributed by atoms with van der Waals surface area (Å²) >= 11 is 4.46. The van der Waals surface area contributed by atoms with Crippen LogP contribution in [-0.4, -0.2) is 47.9 Å². The van der Waals surface area contributed by atoms with Gasteiger partial charge in [-0.15, -0.1) is 0 Å². The number of rotatable bonds is 5. The van der Waals surface area contributed by atoms with E-state index in [1.54, 1.807) is 0 Å². The molecule has 25 heavy (non-hydrogen) atoms. The van der Waals surface area contributed by atoms with Crippen LogP contribution in [0.15, 0.2) is 11.1 Å². The van der Waals surface area contributed by atoms with Gasteiger partial charge in [-0.3, -0.25) is 19.1 Å². The van der Waals surface area contributed by atoms with Crippen LogP contribution in [0.25, 0.3) is 11.2 Å². The lowest BCUT2D eigenvalue weighted by molar-refractivity contribution is -0.155. The molecule has 1 aliphatic rings. The van der Waals surface area contributed by atoms with Crippen molar-refractivity contribution < 1.29 is 14.6 Å². The Bertz CT molecular complexity index is 865. The Hall–Kier alpha value is -1.91. The van der Waals surface area contributed by atoms with Crippen LogP contribution in [0.4, 0.5) is 5.95 Å². The maximum atomic E-state index is 12.6. The molecule has 0 unspecified atom stereocenters. The number of carbonyl (C=O) groups is 1. The van der Waals surface area contributed by atoms with Gasteiger partial charge in [0.15, 0.2) is 16.9 Å². The van der Waals surface area contributed by atoms with E-state index in [4.69, 9.17) is 10.5 Å². The number of aliphatic hydroxyl groups excluding tert-OH is 1. The molecule has 0 spiro atoms. The lowest BCUT2D eigenvalue weighted by Gasteiger charge is -2.31. The zero-order chi connectivity index (χ0) is 18.4. The molecular formula is C15H21N5O4S. The van der Waals surface area contributed by atoms with Crippen LogP contribution in [0, 0.1) is 0 Å². The summed E-state index contributed by atoms with van der Waals surface area (Å²) in [5.41, 5.74) is 3.64. The maximum absolute atomic E-state index is 12.6.